The lowest BCUT2D eigenvalue weighted by molar-refractivity contribution is 0.129. The van der Waals surface area contributed by atoms with E-state index in [1.54, 1.807) is 18.2 Å². The van der Waals surface area contributed by atoms with Gasteiger partial charge in [0.25, 0.3) is 0 Å². The summed E-state index contributed by atoms with van der Waals surface area (Å²) in [6.07, 6.45) is 2.47. The summed E-state index contributed by atoms with van der Waals surface area (Å²) in [7, 11) is 0. The van der Waals surface area contributed by atoms with E-state index in [4.69, 9.17) is 33.8 Å². The second-order valence-corrected chi connectivity index (χ2v) is 6.58. The first-order valence-electron chi connectivity index (χ1n) is 6.55. The lowest BCUT2D eigenvalue weighted by atomic mass is 10.2. The summed E-state index contributed by atoms with van der Waals surface area (Å²) in [6, 6.07) is 5.19. The van der Waals surface area contributed by atoms with Crippen LogP contribution in [0.15, 0.2) is 23.4 Å². The van der Waals surface area contributed by atoms with Gasteiger partial charge in [-0.25, -0.2) is 4.68 Å². The van der Waals surface area contributed by atoms with Gasteiger partial charge in [-0.15, -0.1) is 10.2 Å². The molecule has 1 atom stereocenters. The van der Waals surface area contributed by atoms with Crippen molar-refractivity contribution in [2.75, 3.05) is 18.2 Å². The molecule has 0 amide bonds. The number of halogens is 2. The molecule has 1 saturated heterocycles. The number of thioether (sulfide) groups is 1. The number of nitrogen functional groups attached to an aromatic ring is 1. The van der Waals surface area contributed by atoms with E-state index in [0.29, 0.717) is 26.6 Å². The zero-order chi connectivity index (χ0) is 14.8. The molecule has 1 unspecified atom stereocenters. The lowest BCUT2D eigenvalue weighted by Gasteiger charge is -2.08. The third-order valence-electron chi connectivity index (χ3n) is 3.26. The number of hydrogen-bond acceptors (Lipinski definition) is 5. The minimum atomic E-state index is 0.272. The Kier molecular flexibility index (Phi) is 4.59. The molecule has 0 bridgehead atoms. The van der Waals surface area contributed by atoms with Crippen LogP contribution in [-0.4, -0.2) is 33.3 Å². The van der Waals surface area contributed by atoms with Crippen molar-refractivity contribution in [2.45, 2.75) is 24.1 Å². The van der Waals surface area contributed by atoms with E-state index in [1.807, 2.05) is 0 Å². The normalized spacial score (nSPS) is 18.3. The third-order valence-corrected chi connectivity index (χ3v) is 4.88. The number of nitrogens with two attached hydrogens (primary N) is 1. The third kappa shape index (κ3) is 3.29. The number of nitrogens with zero attached hydrogens (tertiary/aromatic N) is 3. The molecule has 1 aromatic carbocycles. The van der Waals surface area contributed by atoms with E-state index in [1.165, 1.54) is 16.4 Å². The van der Waals surface area contributed by atoms with E-state index in [9.17, 15) is 0 Å². The van der Waals surface area contributed by atoms with Crippen LogP contribution in [-0.2, 0) is 4.74 Å². The Morgan fingerprint density at radius 3 is 2.95 bits per heavy atom. The van der Waals surface area contributed by atoms with Crippen molar-refractivity contribution in [2.24, 2.45) is 0 Å². The molecule has 1 fully saturated rings. The first-order valence-corrected chi connectivity index (χ1v) is 8.29. The summed E-state index contributed by atoms with van der Waals surface area (Å²) < 4.78 is 7.04. The number of rotatable bonds is 4. The fourth-order valence-corrected chi connectivity index (χ4v) is 3.59. The van der Waals surface area contributed by atoms with Crippen LogP contribution in [0.4, 0.5) is 0 Å². The molecule has 5 nitrogen and oxygen atoms in total. The summed E-state index contributed by atoms with van der Waals surface area (Å²) in [6.45, 7) is 0.839. The number of aromatic nitrogens is 3. The van der Waals surface area contributed by atoms with Gasteiger partial charge in [-0.3, -0.25) is 0 Å². The maximum atomic E-state index is 6.18. The minimum Gasteiger partial charge on any atom is -0.377 e. The predicted octanol–water partition coefficient (Wildman–Crippen LogP) is 3.24. The molecule has 0 spiro atoms. The van der Waals surface area contributed by atoms with Crippen LogP contribution in [0.5, 0.6) is 0 Å². The smallest absolute Gasteiger partial charge is 0.210 e. The van der Waals surface area contributed by atoms with E-state index >= 15 is 0 Å². The molecule has 0 radical (unpaired) electrons. The summed E-state index contributed by atoms with van der Waals surface area (Å²) in [5.41, 5.74) is 0.708. The van der Waals surface area contributed by atoms with Crippen molar-refractivity contribution in [3.05, 3.63) is 28.2 Å². The molecule has 3 rings (SSSR count). The fourth-order valence-electron chi connectivity index (χ4n) is 2.17. The van der Waals surface area contributed by atoms with Gasteiger partial charge in [-0.2, -0.15) is 0 Å². The van der Waals surface area contributed by atoms with Crippen molar-refractivity contribution in [3.8, 4) is 11.4 Å². The van der Waals surface area contributed by atoms with Gasteiger partial charge in [-0.05, 0) is 31.0 Å². The number of benzene rings is 1. The molecule has 1 aliphatic rings. The van der Waals surface area contributed by atoms with Gasteiger partial charge in [0.15, 0.2) is 5.82 Å². The molecule has 2 N–H and O–H groups in total. The van der Waals surface area contributed by atoms with Gasteiger partial charge >= 0.3 is 0 Å². The Balaban J connectivity index is 1.78. The first-order chi connectivity index (χ1) is 10.1. The topological polar surface area (TPSA) is 66.0 Å². The highest BCUT2D eigenvalue weighted by Gasteiger charge is 2.19. The van der Waals surface area contributed by atoms with E-state index < -0.39 is 0 Å². The SMILES string of the molecule is Nn1c(SCC2CCCO2)nnc1-c1ccc(Cl)cc1Cl. The molecule has 1 aliphatic heterocycles. The molecule has 112 valence electrons. The molecular formula is C13H14Cl2N4OS. The van der Waals surface area contributed by atoms with Crippen molar-refractivity contribution < 1.29 is 4.74 Å². The Bertz CT molecular complexity index is 643. The molecule has 0 aliphatic carbocycles. The van der Waals surface area contributed by atoms with Gasteiger partial charge in [0, 0.05) is 22.9 Å². The molecule has 1 aromatic heterocycles. The summed E-state index contributed by atoms with van der Waals surface area (Å²) in [4.78, 5) is 0. The molecule has 8 heteroatoms. The highest BCUT2D eigenvalue weighted by Crippen LogP contribution is 2.30. The maximum Gasteiger partial charge on any atom is 0.210 e. The van der Waals surface area contributed by atoms with Gasteiger partial charge in [-0.1, -0.05) is 35.0 Å². The van der Waals surface area contributed by atoms with Crippen molar-refractivity contribution >= 4 is 35.0 Å². The van der Waals surface area contributed by atoms with Gasteiger partial charge in [0.05, 0.1) is 11.1 Å². The van der Waals surface area contributed by atoms with Crippen molar-refractivity contribution in [3.63, 3.8) is 0 Å². The highest BCUT2D eigenvalue weighted by molar-refractivity contribution is 7.99. The van der Waals surface area contributed by atoms with Crippen LogP contribution in [0, 0.1) is 0 Å². The number of hydrogen-bond donors (Lipinski definition) is 1. The van der Waals surface area contributed by atoms with Gasteiger partial charge in [0.2, 0.25) is 5.16 Å². The van der Waals surface area contributed by atoms with Gasteiger partial charge in [0.1, 0.15) is 0 Å². The van der Waals surface area contributed by atoms with E-state index in [2.05, 4.69) is 10.2 Å². The molecule has 21 heavy (non-hydrogen) atoms. The minimum absolute atomic E-state index is 0.272. The summed E-state index contributed by atoms with van der Waals surface area (Å²) in [5, 5.41) is 9.95. The van der Waals surface area contributed by atoms with Crippen LogP contribution in [0.25, 0.3) is 11.4 Å². The zero-order valence-electron chi connectivity index (χ0n) is 11.1. The first kappa shape index (κ1) is 15.0. The Morgan fingerprint density at radius 2 is 2.24 bits per heavy atom. The fraction of sp³-hybridized carbons (Fsp3) is 0.385. The average molecular weight is 345 g/mol. The Morgan fingerprint density at radius 1 is 1.38 bits per heavy atom. The lowest BCUT2D eigenvalue weighted by Crippen LogP contribution is -2.14. The van der Waals surface area contributed by atoms with E-state index in [0.717, 1.165) is 25.2 Å². The molecular weight excluding hydrogens is 331 g/mol. The van der Waals surface area contributed by atoms with Crippen LogP contribution >= 0.6 is 35.0 Å². The monoisotopic (exact) mass is 344 g/mol. The Labute approximate surface area is 136 Å². The van der Waals surface area contributed by atoms with Crippen molar-refractivity contribution in [1.82, 2.24) is 14.9 Å². The predicted molar refractivity (Wildman–Crippen MR) is 85.3 cm³/mol. The number of ether oxygens (including phenoxy) is 1. The molecule has 2 heterocycles. The van der Waals surface area contributed by atoms with Gasteiger partial charge < -0.3 is 10.6 Å². The quantitative estimate of drug-likeness (QED) is 0.681. The van der Waals surface area contributed by atoms with Crippen LogP contribution in [0.3, 0.4) is 0 Å². The van der Waals surface area contributed by atoms with Crippen LogP contribution in [0.1, 0.15) is 12.8 Å². The Hall–Kier alpha value is -0.950. The zero-order valence-corrected chi connectivity index (χ0v) is 13.5. The largest absolute Gasteiger partial charge is 0.377 e. The second kappa shape index (κ2) is 6.44. The second-order valence-electron chi connectivity index (χ2n) is 4.75. The van der Waals surface area contributed by atoms with Crippen LogP contribution < -0.4 is 5.84 Å². The van der Waals surface area contributed by atoms with E-state index in [-0.39, 0.29) is 6.10 Å². The average Bonchev–Trinajstić information content (AvgIpc) is 3.07. The summed E-state index contributed by atoms with van der Waals surface area (Å²) in [5.74, 6) is 7.41. The molecule has 0 saturated carbocycles. The maximum absolute atomic E-state index is 6.18. The van der Waals surface area contributed by atoms with Crippen LogP contribution in [0.2, 0.25) is 10.0 Å². The summed E-state index contributed by atoms with van der Waals surface area (Å²) >= 11 is 13.6. The van der Waals surface area contributed by atoms with Crippen molar-refractivity contribution in [1.29, 1.82) is 0 Å². The standard InChI is InChI=1S/C13H14Cl2N4OS/c14-8-3-4-10(11(15)6-8)12-17-18-13(19(12)16)21-7-9-2-1-5-20-9/h3-4,6,9H,1-2,5,7,16H2. The highest BCUT2D eigenvalue weighted by atomic mass is 35.5. The molecule has 2 aromatic rings.